The fourth-order valence-corrected chi connectivity index (χ4v) is 1.05. The van der Waals surface area contributed by atoms with Crippen molar-refractivity contribution < 1.29 is 4.74 Å². The lowest BCUT2D eigenvalue weighted by Crippen LogP contribution is -2.06. The van der Waals surface area contributed by atoms with Crippen LogP contribution in [-0.2, 0) is 0 Å². The molecule has 0 aliphatic heterocycles. The van der Waals surface area contributed by atoms with Gasteiger partial charge in [0.1, 0.15) is 0 Å². The number of rotatable bonds is 3. The molecule has 0 bridgehead atoms. The molecule has 1 rings (SSSR count). The van der Waals surface area contributed by atoms with Gasteiger partial charge in [-0.1, -0.05) is 13.8 Å². The number of halogens is 1. The minimum atomic E-state index is 0.235. The monoisotopic (exact) mass is 200 g/mol. The highest BCUT2D eigenvalue weighted by molar-refractivity contribution is 6.28. The fourth-order valence-electron chi connectivity index (χ4n) is 0.831. The summed E-state index contributed by atoms with van der Waals surface area (Å²) in [6.45, 7) is 6.66. The minimum absolute atomic E-state index is 0.235. The van der Waals surface area contributed by atoms with Gasteiger partial charge in [-0.25, -0.2) is 4.98 Å². The summed E-state index contributed by atoms with van der Waals surface area (Å²) in [5.41, 5.74) is 0.818. The maximum absolute atomic E-state index is 5.66. The molecule has 72 valence electrons. The van der Waals surface area contributed by atoms with E-state index in [1.807, 2.05) is 6.92 Å². The highest BCUT2D eigenvalue weighted by Gasteiger charge is 2.01. The molecule has 0 aromatic carbocycles. The molecule has 0 amide bonds. The first kappa shape index (κ1) is 10.3. The lowest BCUT2D eigenvalue weighted by molar-refractivity contribution is 0.260. The highest BCUT2D eigenvalue weighted by Crippen LogP contribution is 2.12. The first-order valence-electron chi connectivity index (χ1n) is 4.22. The van der Waals surface area contributed by atoms with Crippen LogP contribution in [0.3, 0.4) is 0 Å². The van der Waals surface area contributed by atoms with Gasteiger partial charge < -0.3 is 4.74 Å². The molecule has 4 heteroatoms. The molecule has 1 aromatic rings. The Morgan fingerprint density at radius 2 is 2.15 bits per heavy atom. The fraction of sp³-hybridized carbons (Fsp3) is 0.556. The van der Waals surface area contributed by atoms with E-state index in [1.165, 1.54) is 0 Å². The first-order valence-corrected chi connectivity index (χ1v) is 4.59. The molecular weight excluding hydrogens is 188 g/mol. The molecule has 13 heavy (non-hydrogen) atoms. The Bertz CT molecular complexity index is 269. The van der Waals surface area contributed by atoms with Crippen LogP contribution in [0.2, 0.25) is 5.28 Å². The Labute approximate surface area is 83.1 Å². The van der Waals surface area contributed by atoms with Crippen LogP contribution in [0, 0.1) is 12.8 Å². The smallest absolute Gasteiger partial charge is 0.225 e. The summed E-state index contributed by atoms with van der Waals surface area (Å²) < 4.78 is 5.39. The Kier molecular flexibility index (Phi) is 3.48. The Morgan fingerprint density at radius 1 is 1.46 bits per heavy atom. The number of nitrogens with zero attached hydrogens (tertiary/aromatic N) is 2. The molecule has 0 aliphatic carbocycles. The molecule has 0 spiro atoms. The van der Waals surface area contributed by atoms with Crippen LogP contribution in [0.4, 0.5) is 0 Å². The molecule has 1 heterocycles. The summed E-state index contributed by atoms with van der Waals surface area (Å²) in [5.74, 6) is 1.03. The van der Waals surface area contributed by atoms with Gasteiger partial charge in [-0.15, -0.1) is 0 Å². The lowest BCUT2D eigenvalue weighted by atomic mass is 10.2. The third kappa shape index (κ3) is 3.59. The van der Waals surface area contributed by atoms with E-state index in [4.69, 9.17) is 16.3 Å². The molecule has 0 aliphatic rings. The lowest BCUT2D eigenvalue weighted by Gasteiger charge is -2.07. The predicted octanol–water partition coefficient (Wildman–Crippen LogP) is 2.47. The molecule has 3 nitrogen and oxygen atoms in total. The maximum Gasteiger partial charge on any atom is 0.225 e. The van der Waals surface area contributed by atoms with Crippen molar-refractivity contribution in [1.29, 1.82) is 0 Å². The average Bonchev–Trinajstić information content (AvgIpc) is 1.99. The summed E-state index contributed by atoms with van der Waals surface area (Å²) in [5, 5.41) is 0.235. The largest absolute Gasteiger partial charge is 0.477 e. The number of aromatic nitrogens is 2. The number of hydrogen-bond acceptors (Lipinski definition) is 3. The van der Waals surface area contributed by atoms with Gasteiger partial charge in [0.05, 0.1) is 6.61 Å². The third-order valence-corrected chi connectivity index (χ3v) is 1.54. The van der Waals surface area contributed by atoms with Gasteiger partial charge in [0.15, 0.2) is 0 Å². The van der Waals surface area contributed by atoms with E-state index in [-0.39, 0.29) is 5.28 Å². The van der Waals surface area contributed by atoms with Crippen LogP contribution in [0.15, 0.2) is 6.07 Å². The second-order valence-electron chi connectivity index (χ2n) is 3.32. The average molecular weight is 201 g/mol. The molecule has 1 aromatic heterocycles. The normalized spacial score (nSPS) is 10.5. The topological polar surface area (TPSA) is 35.0 Å². The SMILES string of the molecule is Cc1cc(OCC(C)C)nc(Cl)n1. The zero-order chi connectivity index (χ0) is 9.84. The standard InChI is InChI=1S/C9H13ClN2O/c1-6(2)5-13-8-4-7(3)11-9(10)12-8/h4,6H,5H2,1-3H3. The van der Waals surface area contributed by atoms with Crippen molar-refractivity contribution >= 4 is 11.6 Å². The van der Waals surface area contributed by atoms with Crippen LogP contribution in [0.5, 0.6) is 5.88 Å². The van der Waals surface area contributed by atoms with Gasteiger partial charge in [-0.2, -0.15) is 4.98 Å². The molecule has 0 radical (unpaired) electrons. The Balaban J connectivity index is 2.66. The zero-order valence-corrected chi connectivity index (χ0v) is 8.80. The molecule has 0 saturated heterocycles. The van der Waals surface area contributed by atoms with Gasteiger partial charge in [0.2, 0.25) is 11.2 Å². The maximum atomic E-state index is 5.66. The molecule has 0 saturated carbocycles. The third-order valence-electron chi connectivity index (χ3n) is 1.37. The molecule has 0 atom stereocenters. The second-order valence-corrected chi connectivity index (χ2v) is 3.66. The summed E-state index contributed by atoms with van der Waals surface area (Å²) >= 11 is 5.66. The van der Waals surface area contributed by atoms with Crippen molar-refractivity contribution in [2.45, 2.75) is 20.8 Å². The zero-order valence-electron chi connectivity index (χ0n) is 8.04. The van der Waals surface area contributed by atoms with Crippen LogP contribution in [-0.4, -0.2) is 16.6 Å². The minimum Gasteiger partial charge on any atom is -0.477 e. The van der Waals surface area contributed by atoms with Crippen molar-refractivity contribution in [3.8, 4) is 5.88 Å². The number of aryl methyl sites for hydroxylation is 1. The number of hydrogen-bond donors (Lipinski definition) is 0. The summed E-state index contributed by atoms with van der Waals surface area (Å²) in [7, 11) is 0. The first-order chi connectivity index (χ1) is 6.08. The molecule has 0 fully saturated rings. The van der Waals surface area contributed by atoms with E-state index in [1.54, 1.807) is 6.07 Å². The van der Waals surface area contributed by atoms with E-state index in [2.05, 4.69) is 23.8 Å². The quantitative estimate of drug-likeness (QED) is 0.704. The molecular formula is C9H13ClN2O. The van der Waals surface area contributed by atoms with E-state index in [9.17, 15) is 0 Å². The molecule has 0 unspecified atom stereocenters. The van der Waals surface area contributed by atoms with Gasteiger partial charge in [0, 0.05) is 11.8 Å². The van der Waals surface area contributed by atoms with E-state index < -0.39 is 0 Å². The van der Waals surface area contributed by atoms with Crippen molar-refractivity contribution in [1.82, 2.24) is 9.97 Å². The highest BCUT2D eigenvalue weighted by atomic mass is 35.5. The predicted molar refractivity (Wildman–Crippen MR) is 52.1 cm³/mol. The van der Waals surface area contributed by atoms with Gasteiger partial charge in [0.25, 0.3) is 0 Å². The van der Waals surface area contributed by atoms with Crippen LogP contribution < -0.4 is 4.74 Å². The second kappa shape index (κ2) is 4.42. The van der Waals surface area contributed by atoms with Gasteiger partial charge in [-0.05, 0) is 24.4 Å². The van der Waals surface area contributed by atoms with Crippen LogP contribution >= 0.6 is 11.6 Å². The van der Waals surface area contributed by atoms with Crippen molar-refractivity contribution in [2.75, 3.05) is 6.61 Å². The van der Waals surface area contributed by atoms with E-state index in [0.29, 0.717) is 18.4 Å². The van der Waals surface area contributed by atoms with E-state index in [0.717, 1.165) is 5.69 Å². The summed E-state index contributed by atoms with van der Waals surface area (Å²) in [6, 6.07) is 1.77. The summed E-state index contributed by atoms with van der Waals surface area (Å²) in [4.78, 5) is 7.87. The number of ether oxygens (including phenoxy) is 1. The van der Waals surface area contributed by atoms with E-state index >= 15 is 0 Å². The molecule has 0 N–H and O–H groups in total. The van der Waals surface area contributed by atoms with Crippen LogP contribution in [0.1, 0.15) is 19.5 Å². The van der Waals surface area contributed by atoms with Gasteiger partial charge in [-0.3, -0.25) is 0 Å². The van der Waals surface area contributed by atoms with Crippen LogP contribution in [0.25, 0.3) is 0 Å². The summed E-state index contributed by atoms with van der Waals surface area (Å²) in [6.07, 6.45) is 0. The van der Waals surface area contributed by atoms with Crippen molar-refractivity contribution in [3.05, 3.63) is 17.0 Å². The van der Waals surface area contributed by atoms with Crippen molar-refractivity contribution in [3.63, 3.8) is 0 Å². The Hall–Kier alpha value is -0.830. The van der Waals surface area contributed by atoms with Crippen molar-refractivity contribution in [2.24, 2.45) is 5.92 Å². The Morgan fingerprint density at radius 3 is 2.69 bits per heavy atom. The van der Waals surface area contributed by atoms with Gasteiger partial charge >= 0.3 is 0 Å².